The van der Waals surface area contributed by atoms with Gasteiger partial charge in [0.15, 0.2) is 0 Å². The molecule has 1 atom stereocenters. The molecule has 1 aromatic heterocycles. The van der Waals surface area contributed by atoms with E-state index in [4.69, 9.17) is 5.26 Å². The third kappa shape index (κ3) is 3.22. The van der Waals surface area contributed by atoms with Crippen LogP contribution in [0.15, 0.2) is 18.2 Å². The van der Waals surface area contributed by atoms with E-state index in [2.05, 4.69) is 20.9 Å². The molecule has 132 valence electrons. The minimum atomic E-state index is 0.194. The van der Waals surface area contributed by atoms with Gasteiger partial charge in [-0.25, -0.2) is 4.98 Å². The van der Waals surface area contributed by atoms with Crippen LogP contribution < -0.4 is 4.90 Å². The summed E-state index contributed by atoms with van der Waals surface area (Å²) in [6.07, 6.45) is 8.88. The number of hydrogen-bond acceptors (Lipinski definition) is 4. The van der Waals surface area contributed by atoms with Gasteiger partial charge in [-0.1, -0.05) is 18.9 Å². The van der Waals surface area contributed by atoms with Crippen molar-refractivity contribution in [1.82, 2.24) is 9.88 Å². The van der Waals surface area contributed by atoms with E-state index in [1.165, 1.54) is 32.1 Å². The molecule has 0 N–H and O–H groups in total. The number of carbonyl (C=O) groups is 1. The summed E-state index contributed by atoms with van der Waals surface area (Å²) in [4.78, 5) is 21.5. The molecule has 4 rings (SSSR count). The molecular weight excluding hydrogens is 312 g/mol. The minimum absolute atomic E-state index is 0.194. The first-order valence-electron chi connectivity index (χ1n) is 9.61. The summed E-state index contributed by atoms with van der Waals surface area (Å²) in [5.74, 6) is 1.27. The van der Waals surface area contributed by atoms with Gasteiger partial charge < -0.3 is 9.80 Å². The molecule has 25 heavy (non-hydrogen) atoms. The first-order valence-corrected chi connectivity index (χ1v) is 9.61. The zero-order valence-corrected chi connectivity index (χ0v) is 14.8. The number of likely N-dealkylation sites (tertiary alicyclic amines) is 1. The monoisotopic (exact) mass is 338 g/mol. The van der Waals surface area contributed by atoms with Crippen molar-refractivity contribution in [3.63, 3.8) is 0 Å². The van der Waals surface area contributed by atoms with Gasteiger partial charge in [-0.15, -0.1) is 0 Å². The summed E-state index contributed by atoms with van der Waals surface area (Å²) in [6.45, 7) is 2.84. The lowest BCUT2D eigenvalue weighted by Crippen LogP contribution is -2.56. The van der Waals surface area contributed by atoms with Crippen molar-refractivity contribution in [1.29, 1.82) is 5.26 Å². The summed E-state index contributed by atoms with van der Waals surface area (Å²) in [5, 5.41) is 9.11. The van der Waals surface area contributed by atoms with E-state index < -0.39 is 0 Å². The molecule has 1 saturated carbocycles. The van der Waals surface area contributed by atoms with Crippen molar-refractivity contribution >= 4 is 11.7 Å². The first-order chi connectivity index (χ1) is 12.2. The predicted octanol–water partition coefficient (Wildman–Crippen LogP) is 3.10. The lowest BCUT2D eigenvalue weighted by molar-refractivity contribution is -0.140. The van der Waals surface area contributed by atoms with Gasteiger partial charge in [-0.3, -0.25) is 4.79 Å². The highest BCUT2D eigenvalue weighted by Gasteiger charge is 2.44. The van der Waals surface area contributed by atoms with E-state index >= 15 is 0 Å². The van der Waals surface area contributed by atoms with Crippen molar-refractivity contribution in [2.75, 3.05) is 24.5 Å². The maximum atomic E-state index is 12.5. The molecule has 3 aliphatic rings. The number of pyridine rings is 1. The van der Waals surface area contributed by atoms with Crippen LogP contribution >= 0.6 is 0 Å². The van der Waals surface area contributed by atoms with E-state index in [0.29, 0.717) is 24.1 Å². The Balaban J connectivity index is 1.53. The van der Waals surface area contributed by atoms with Gasteiger partial charge in [-0.05, 0) is 44.2 Å². The molecule has 2 saturated heterocycles. The Bertz CT molecular complexity index is 691. The van der Waals surface area contributed by atoms with Gasteiger partial charge >= 0.3 is 0 Å². The summed E-state index contributed by atoms with van der Waals surface area (Å²) in [7, 11) is 0. The van der Waals surface area contributed by atoms with Gasteiger partial charge in [0.25, 0.3) is 0 Å². The van der Waals surface area contributed by atoms with E-state index in [-0.39, 0.29) is 5.41 Å². The fourth-order valence-corrected chi connectivity index (χ4v) is 4.99. The van der Waals surface area contributed by atoms with E-state index in [0.717, 1.165) is 38.3 Å². The SMILES string of the molecule is N#Cc1cccc(N2CCC[C@@]3(CCC(=O)N(C4CCCC4)C3)C2)n1. The quantitative estimate of drug-likeness (QED) is 0.831. The Kier molecular flexibility index (Phi) is 4.37. The van der Waals surface area contributed by atoms with E-state index in [9.17, 15) is 4.79 Å². The Morgan fingerprint density at radius 2 is 2.00 bits per heavy atom. The predicted molar refractivity (Wildman–Crippen MR) is 96.0 cm³/mol. The number of amides is 1. The van der Waals surface area contributed by atoms with Gasteiger partial charge in [-0.2, -0.15) is 5.26 Å². The Morgan fingerprint density at radius 1 is 1.16 bits per heavy atom. The van der Waals surface area contributed by atoms with Gasteiger partial charge in [0.05, 0.1) is 0 Å². The average molecular weight is 338 g/mol. The molecule has 1 spiro atoms. The summed E-state index contributed by atoms with van der Waals surface area (Å²) in [6, 6.07) is 8.28. The number of nitrogens with zero attached hydrogens (tertiary/aromatic N) is 4. The Labute approximate surface area is 149 Å². The summed E-state index contributed by atoms with van der Waals surface area (Å²) < 4.78 is 0. The van der Waals surface area contributed by atoms with Crippen LogP contribution in [-0.4, -0.2) is 41.5 Å². The van der Waals surface area contributed by atoms with Crippen LogP contribution in [0.2, 0.25) is 0 Å². The van der Waals surface area contributed by atoms with Gasteiger partial charge in [0.1, 0.15) is 17.6 Å². The topological polar surface area (TPSA) is 60.2 Å². The lowest BCUT2D eigenvalue weighted by Gasteiger charge is -2.50. The molecule has 1 amide bonds. The highest BCUT2D eigenvalue weighted by molar-refractivity contribution is 5.77. The second kappa shape index (κ2) is 6.67. The van der Waals surface area contributed by atoms with Crippen molar-refractivity contribution < 1.29 is 4.79 Å². The van der Waals surface area contributed by atoms with Gasteiger partial charge in [0.2, 0.25) is 5.91 Å². The van der Waals surface area contributed by atoms with Crippen LogP contribution in [0, 0.1) is 16.7 Å². The number of piperidine rings is 2. The molecule has 0 bridgehead atoms. The highest BCUT2D eigenvalue weighted by Crippen LogP contribution is 2.41. The number of rotatable bonds is 2. The van der Waals surface area contributed by atoms with Crippen molar-refractivity contribution in [2.45, 2.75) is 57.4 Å². The summed E-state index contributed by atoms with van der Waals surface area (Å²) in [5.41, 5.74) is 0.669. The van der Waals surface area contributed by atoms with Gasteiger partial charge in [0, 0.05) is 37.5 Å². The molecular formula is C20H26N4O. The molecule has 3 fully saturated rings. The number of nitriles is 1. The lowest BCUT2D eigenvalue weighted by atomic mass is 9.73. The van der Waals surface area contributed by atoms with Crippen LogP contribution in [0.3, 0.4) is 0 Å². The van der Waals surface area contributed by atoms with E-state index in [1.54, 1.807) is 6.07 Å². The van der Waals surface area contributed by atoms with Crippen LogP contribution in [0.4, 0.5) is 5.82 Å². The normalized spacial score (nSPS) is 27.7. The Morgan fingerprint density at radius 3 is 2.80 bits per heavy atom. The van der Waals surface area contributed by atoms with Crippen LogP contribution in [0.5, 0.6) is 0 Å². The van der Waals surface area contributed by atoms with Crippen LogP contribution in [0.1, 0.15) is 57.1 Å². The third-order valence-electron chi connectivity index (χ3n) is 6.30. The standard InChI is InChI=1S/C20H26N4O/c21-13-16-5-3-8-18(22-16)23-12-4-10-20(14-23)11-9-19(25)24(15-20)17-6-1-2-7-17/h3,5,8,17H,1-2,4,6-7,9-12,14-15H2/t20-/m1/s1. The van der Waals surface area contributed by atoms with Crippen LogP contribution in [-0.2, 0) is 4.79 Å². The van der Waals surface area contributed by atoms with Crippen molar-refractivity contribution in [2.24, 2.45) is 5.41 Å². The molecule has 1 aliphatic carbocycles. The molecule has 2 aliphatic heterocycles. The summed E-state index contributed by atoms with van der Waals surface area (Å²) >= 11 is 0. The number of anilines is 1. The fraction of sp³-hybridized carbons (Fsp3) is 0.650. The molecule has 1 aromatic rings. The smallest absolute Gasteiger partial charge is 0.222 e. The second-order valence-corrected chi connectivity index (χ2v) is 7.98. The number of carbonyl (C=O) groups excluding carboxylic acids is 1. The van der Waals surface area contributed by atoms with Crippen molar-refractivity contribution in [3.05, 3.63) is 23.9 Å². The third-order valence-corrected chi connectivity index (χ3v) is 6.30. The maximum Gasteiger partial charge on any atom is 0.222 e. The molecule has 3 heterocycles. The second-order valence-electron chi connectivity index (χ2n) is 7.98. The molecule has 5 nitrogen and oxygen atoms in total. The largest absolute Gasteiger partial charge is 0.356 e. The zero-order chi connectivity index (χ0) is 17.3. The molecule has 5 heteroatoms. The number of aromatic nitrogens is 1. The number of hydrogen-bond donors (Lipinski definition) is 0. The zero-order valence-electron chi connectivity index (χ0n) is 14.8. The molecule has 0 unspecified atom stereocenters. The average Bonchev–Trinajstić information content (AvgIpc) is 3.19. The fourth-order valence-electron chi connectivity index (χ4n) is 4.99. The molecule has 0 aromatic carbocycles. The highest BCUT2D eigenvalue weighted by atomic mass is 16.2. The van der Waals surface area contributed by atoms with E-state index in [1.807, 2.05) is 12.1 Å². The first kappa shape index (κ1) is 16.4. The molecule has 0 radical (unpaired) electrons. The Hall–Kier alpha value is -2.09. The van der Waals surface area contributed by atoms with Crippen LogP contribution in [0.25, 0.3) is 0 Å². The minimum Gasteiger partial charge on any atom is -0.356 e. The van der Waals surface area contributed by atoms with Crippen molar-refractivity contribution in [3.8, 4) is 6.07 Å². The maximum absolute atomic E-state index is 12.5.